The van der Waals surface area contributed by atoms with Gasteiger partial charge >= 0.3 is 0 Å². The first-order chi connectivity index (χ1) is 8.08. The van der Waals surface area contributed by atoms with Crippen molar-refractivity contribution in [1.29, 1.82) is 0 Å². The molecule has 2 rings (SSSR count). The van der Waals surface area contributed by atoms with E-state index in [9.17, 15) is 0 Å². The zero-order chi connectivity index (χ0) is 12.4. The second-order valence-electron chi connectivity index (χ2n) is 4.03. The molecule has 2 nitrogen and oxygen atoms in total. The molecule has 17 heavy (non-hydrogen) atoms. The van der Waals surface area contributed by atoms with Crippen LogP contribution in [0.4, 0.5) is 5.69 Å². The van der Waals surface area contributed by atoms with E-state index in [1.165, 1.54) is 5.56 Å². The van der Waals surface area contributed by atoms with Crippen molar-refractivity contribution in [3.8, 4) is 0 Å². The molecule has 0 amide bonds. The van der Waals surface area contributed by atoms with Crippen LogP contribution < -0.4 is 5.32 Å². The highest BCUT2D eigenvalue weighted by atomic mass is 79.9. The lowest BCUT2D eigenvalue weighted by atomic mass is 10.1. The molecule has 90 valence electrons. The van der Waals surface area contributed by atoms with Gasteiger partial charge in [0.25, 0.3) is 0 Å². The van der Waals surface area contributed by atoms with Crippen LogP contribution in [0.5, 0.6) is 0 Å². The molecule has 0 bridgehead atoms. The Kier molecular flexibility index (Phi) is 3.94. The first-order valence-electron chi connectivity index (χ1n) is 5.32. The van der Waals surface area contributed by atoms with Gasteiger partial charge in [-0.05, 0) is 69.5 Å². The fraction of sp³-hybridized carbons (Fsp3) is 0.231. The fourth-order valence-electron chi connectivity index (χ4n) is 1.66. The molecular formula is C13H13Br2NO. The van der Waals surface area contributed by atoms with Crippen LogP contribution in [0.25, 0.3) is 0 Å². The van der Waals surface area contributed by atoms with E-state index in [-0.39, 0.29) is 6.04 Å². The van der Waals surface area contributed by atoms with E-state index >= 15 is 0 Å². The molecule has 1 heterocycles. The van der Waals surface area contributed by atoms with Gasteiger partial charge in [-0.25, -0.2) is 0 Å². The molecule has 0 spiro atoms. The molecule has 1 atom stereocenters. The van der Waals surface area contributed by atoms with Crippen LogP contribution >= 0.6 is 31.9 Å². The van der Waals surface area contributed by atoms with E-state index in [2.05, 4.69) is 63.2 Å². The summed E-state index contributed by atoms with van der Waals surface area (Å²) in [5.41, 5.74) is 3.40. The highest BCUT2D eigenvalue weighted by Crippen LogP contribution is 2.34. The van der Waals surface area contributed by atoms with Gasteiger partial charge in [0.05, 0.1) is 24.3 Å². The molecule has 1 unspecified atom stereocenters. The van der Waals surface area contributed by atoms with Gasteiger partial charge < -0.3 is 9.73 Å². The summed E-state index contributed by atoms with van der Waals surface area (Å²) >= 11 is 7.15. The third-order valence-corrected chi connectivity index (χ3v) is 3.84. The molecule has 0 aliphatic carbocycles. The highest BCUT2D eigenvalue weighted by molar-refractivity contribution is 9.11. The van der Waals surface area contributed by atoms with Crippen LogP contribution in [0.3, 0.4) is 0 Å². The minimum absolute atomic E-state index is 0.198. The predicted molar refractivity (Wildman–Crippen MR) is 77.3 cm³/mol. The molecule has 0 saturated heterocycles. The Hall–Kier alpha value is -0.740. The molecule has 0 aliphatic heterocycles. The molecule has 4 heteroatoms. The molecule has 2 aromatic rings. The summed E-state index contributed by atoms with van der Waals surface area (Å²) in [6.07, 6.45) is 3.44. The van der Waals surface area contributed by atoms with E-state index in [4.69, 9.17) is 4.42 Å². The Morgan fingerprint density at radius 3 is 2.41 bits per heavy atom. The van der Waals surface area contributed by atoms with Crippen molar-refractivity contribution >= 4 is 37.5 Å². The molecule has 0 aliphatic rings. The standard InChI is InChI=1S/C13H13Br2NO/c1-8-5-11(14)13(12(15)6-8)16-9(2)10-3-4-17-7-10/h3-7,9,16H,1-2H3. The van der Waals surface area contributed by atoms with E-state index in [0.29, 0.717) is 0 Å². The van der Waals surface area contributed by atoms with Crippen molar-refractivity contribution in [3.63, 3.8) is 0 Å². The first-order valence-corrected chi connectivity index (χ1v) is 6.91. The molecule has 1 aromatic heterocycles. The van der Waals surface area contributed by atoms with Gasteiger partial charge in [0.2, 0.25) is 0 Å². The monoisotopic (exact) mass is 357 g/mol. The quantitative estimate of drug-likeness (QED) is 0.806. The Balaban J connectivity index is 2.25. The maximum absolute atomic E-state index is 5.09. The van der Waals surface area contributed by atoms with Crippen molar-refractivity contribution in [2.45, 2.75) is 19.9 Å². The van der Waals surface area contributed by atoms with Crippen molar-refractivity contribution in [3.05, 3.63) is 50.8 Å². The number of rotatable bonds is 3. The number of nitrogens with one attached hydrogen (secondary N) is 1. The largest absolute Gasteiger partial charge is 0.472 e. The second kappa shape index (κ2) is 5.27. The Morgan fingerprint density at radius 2 is 1.88 bits per heavy atom. The van der Waals surface area contributed by atoms with E-state index in [1.54, 1.807) is 12.5 Å². The van der Waals surface area contributed by atoms with Crippen molar-refractivity contribution in [1.82, 2.24) is 0 Å². The number of furan rings is 1. The topological polar surface area (TPSA) is 25.2 Å². The van der Waals surface area contributed by atoms with Gasteiger partial charge in [0.15, 0.2) is 0 Å². The van der Waals surface area contributed by atoms with E-state index < -0.39 is 0 Å². The minimum atomic E-state index is 0.198. The lowest BCUT2D eigenvalue weighted by Crippen LogP contribution is -2.06. The summed E-state index contributed by atoms with van der Waals surface area (Å²) < 4.78 is 7.20. The van der Waals surface area contributed by atoms with Crippen molar-refractivity contribution in [2.24, 2.45) is 0 Å². The van der Waals surface area contributed by atoms with Crippen LogP contribution in [0, 0.1) is 6.92 Å². The molecule has 0 fully saturated rings. The Bertz CT molecular complexity index is 485. The van der Waals surface area contributed by atoms with Gasteiger partial charge in [-0.3, -0.25) is 0 Å². The zero-order valence-corrected chi connectivity index (χ0v) is 12.8. The van der Waals surface area contributed by atoms with Crippen LogP contribution in [-0.2, 0) is 0 Å². The van der Waals surface area contributed by atoms with Crippen LogP contribution in [0.2, 0.25) is 0 Å². The van der Waals surface area contributed by atoms with Crippen LogP contribution in [-0.4, -0.2) is 0 Å². The fourth-order valence-corrected chi connectivity index (χ4v) is 3.30. The highest BCUT2D eigenvalue weighted by Gasteiger charge is 2.11. The molecule has 0 saturated carbocycles. The number of hydrogen-bond acceptors (Lipinski definition) is 2. The number of aryl methyl sites for hydroxylation is 1. The van der Waals surface area contributed by atoms with Crippen LogP contribution in [0.15, 0.2) is 44.1 Å². The van der Waals surface area contributed by atoms with Crippen LogP contribution in [0.1, 0.15) is 24.1 Å². The number of anilines is 1. The first kappa shape index (κ1) is 12.7. The third kappa shape index (κ3) is 2.93. The smallest absolute Gasteiger partial charge is 0.0955 e. The average Bonchev–Trinajstić information content (AvgIpc) is 2.76. The van der Waals surface area contributed by atoms with Gasteiger partial charge in [0.1, 0.15) is 0 Å². The Morgan fingerprint density at radius 1 is 1.24 bits per heavy atom. The average molecular weight is 359 g/mol. The summed E-state index contributed by atoms with van der Waals surface area (Å²) in [6, 6.07) is 6.35. The summed E-state index contributed by atoms with van der Waals surface area (Å²) in [5.74, 6) is 0. The second-order valence-corrected chi connectivity index (χ2v) is 5.73. The SMILES string of the molecule is Cc1cc(Br)c(NC(C)c2ccoc2)c(Br)c1. The third-order valence-electron chi connectivity index (χ3n) is 2.59. The van der Waals surface area contributed by atoms with E-state index in [1.807, 2.05) is 6.07 Å². The van der Waals surface area contributed by atoms with Gasteiger partial charge in [0, 0.05) is 14.5 Å². The van der Waals surface area contributed by atoms with Gasteiger partial charge in [-0.2, -0.15) is 0 Å². The molecule has 1 aromatic carbocycles. The normalized spacial score (nSPS) is 12.5. The van der Waals surface area contributed by atoms with Crippen molar-refractivity contribution < 1.29 is 4.42 Å². The minimum Gasteiger partial charge on any atom is -0.472 e. The number of benzene rings is 1. The summed E-state index contributed by atoms with van der Waals surface area (Å²) in [5, 5.41) is 3.45. The zero-order valence-electron chi connectivity index (χ0n) is 9.63. The number of halogens is 2. The van der Waals surface area contributed by atoms with Gasteiger partial charge in [-0.1, -0.05) is 0 Å². The lowest BCUT2D eigenvalue weighted by molar-refractivity contribution is 0.562. The lowest BCUT2D eigenvalue weighted by Gasteiger charge is -2.17. The van der Waals surface area contributed by atoms with Crippen molar-refractivity contribution in [2.75, 3.05) is 5.32 Å². The molecule has 1 N–H and O–H groups in total. The van der Waals surface area contributed by atoms with E-state index in [0.717, 1.165) is 20.2 Å². The molecule has 0 radical (unpaired) electrons. The van der Waals surface area contributed by atoms with Gasteiger partial charge in [-0.15, -0.1) is 0 Å². The Labute approximate surface area is 118 Å². The summed E-state index contributed by atoms with van der Waals surface area (Å²) in [7, 11) is 0. The maximum Gasteiger partial charge on any atom is 0.0955 e. The summed E-state index contributed by atoms with van der Waals surface area (Å²) in [4.78, 5) is 0. The maximum atomic E-state index is 5.09. The predicted octanol–water partition coefficient (Wildman–Crippen LogP) is 5.29. The molecular weight excluding hydrogens is 346 g/mol. The summed E-state index contributed by atoms with van der Waals surface area (Å²) in [6.45, 7) is 4.17. The number of hydrogen-bond donors (Lipinski definition) is 1.